The van der Waals surface area contributed by atoms with Gasteiger partial charge in [0.05, 0.1) is 10.6 Å². The number of nitrogens with two attached hydrogens (primary N) is 1. The molecule has 0 unspecified atom stereocenters. The largest absolute Gasteiger partial charge is 0.389 e. The lowest BCUT2D eigenvalue weighted by Crippen LogP contribution is -2.47. The summed E-state index contributed by atoms with van der Waals surface area (Å²) in [5.41, 5.74) is 7.73. The number of hydrogen-bond acceptors (Lipinski definition) is 3. The van der Waals surface area contributed by atoms with Crippen molar-refractivity contribution in [2.45, 2.75) is 12.8 Å². The van der Waals surface area contributed by atoms with Crippen molar-refractivity contribution >= 4 is 34.5 Å². The van der Waals surface area contributed by atoms with Crippen LogP contribution in [0, 0.1) is 5.92 Å². The van der Waals surface area contributed by atoms with Crippen LogP contribution in [0.25, 0.3) is 0 Å². The summed E-state index contributed by atoms with van der Waals surface area (Å²) in [4.78, 5) is 5.30. The summed E-state index contributed by atoms with van der Waals surface area (Å²) in [6, 6.07) is 5.88. The Morgan fingerprint density at radius 2 is 1.95 bits per heavy atom. The first-order valence-corrected chi connectivity index (χ1v) is 7.99. The Morgan fingerprint density at radius 1 is 1.25 bits per heavy atom. The Kier molecular flexibility index (Phi) is 4.15. The third kappa shape index (κ3) is 3.08. The molecular formula is C15H20ClN3S. The number of rotatable bonds is 4. The van der Waals surface area contributed by atoms with E-state index in [0.717, 1.165) is 43.3 Å². The quantitative estimate of drug-likeness (QED) is 0.866. The van der Waals surface area contributed by atoms with Crippen molar-refractivity contribution in [2.24, 2.45) is 11.7 Å². The molecule has 0 radical (unpaired) electrons. The fourth-order valence-electron chi connectivity index (χ4n) is 2.86. The van der Waals surface area contributed by atoms with Gasteiger partial charge < -0.3 is 10.6 Å². The second-order valence-electron chi connectivity index (χ2n) is 5.73. The van der Waals surface area contributed by atoms with Crippen molar-refractivity contribution in [2.75, 3.05) is 37.6 Å². The summed E-state index contributed by atoms with van der Waals surface area (Å²) in [5, 5.41) is 0.649. The van der Waals surface area contributed by atoms with E-state index in [1.807, 2.05) is 12.1 Å². The van der Waals surface area contributed by atoms with Gasteiger partial charge in [0.1, 0.15) is 4.99 Å². The van der Waals surface area contributed by atoms with Gasteiger partial charge in [0.15, 0.2) is 0 Å². The minimum Gasteiger partial charge on any atom is -0.389 e. The standard InChI is InChI=1S/C15H20ClN3S/c16-12-2-1-3-13(14(12)15(17)20)19-8-6-18(7-9-19)10-11-4-5-11/h1-3,11H,4-10H2,(H2,17,20). The molecule has 3 rings (SSSR count). The number of hydrogen-bond donors (Lipinski definition) is 1. The van der Waals surface area contributed by atoms with E-state index in [-0.39, 0.29) is 0 Å². The van der Waals surface area contributed by atoms with Crippen LogP contribution in [0.2, 0.25) is 5.02 Å². The van der Waals surface area contributed by atoms with Crippen LogP contribution in [0.1, 0.15) is 18.4 Å². The molecule has 2 N–H and O–H groups in total. The summed E-state index contributed by atoms with van der Waals surface area (Å²) >= 11 is 11.4. The molecule has 0 spiro atoms. The van der Waals surface area contributed by atoms with Crippen LogP contribution in [0.3, 0.4) is 0 Å². The fourth-order valence-corrected chi connectivity index (χ4v) is 3.40. The number of piperazine rings is 1. The van der Waals surface area contributed by atoms with Gasteiger partial charge in [-0.15, -0.1) is 0 Å². The number of thiocarbonyl (C=S) groups is 1. The number of halogens is 1. The average Bonchev–Trinajstić information content (AvgIpc) is 3.23. The number of anilines is 1. The van der Waals surface area contributed by atoms with Crippen molar-refractivity contribution in [1.29, 1.82) is 0 Å². The summed E-state index contributed by atoms with van der Waals surface area (Å²) < 4.78 is 0. The highest BCUT2D eigenvalue weighted by Gasteiger charge is 2.27. The highest BCUT2D eigenvalue weighted by atomic mass is 35.5. The summed E-state index contributed by atoms with van der Waals surface area (Å²) in [6.45, 7) is 5.52. The molecule has 1 aromatic carbocycles. The first kappa shape index (κ1) is 14.1. The molecule has 2 fully saturated rings. The smallest absolute Gasteiger partial charge is 0.107 e. The van der Waals surface area contributed by atoms with Crippen LogP contribution in [0.15, 0.2) is 18.2 Å². The first-order chi connectivity index (χ1) is 9.65. The molecule has 1 saturated carbocycles. The second-order valence-corrected chi connectivity index (χ2v) is 6.58. The van der Waals surface area contributed by atoms with Crippen LogP contribution < -0.4 is 10.6 Å². The van der Waals surface area contributed by atoms with E-state index >= 15 is 0 Å². The second kappa shape index (κ2) is 5.88. The molecule has 1 aliphatic heterocycles. The zero-order valence-electron chi connectivity index (χ0n) is 11.5. The van der Waals surface area contributed by atoms with E-state index in [1.54, 1.807) is 0 Å². The molecule has 5 heteroatoms. The van der Waals surface area contributed by atoms with Gasteiger partial charge >= 0.3 is 0 Å². The molecule has 108 valence electrons. The van der Waals surface area contributed by atoms with Crippen LogP contribution in [0.5, 0.6) is 0 Å². The van der Waals surface area contributed by atoms with Gasteiger partial charge in [-0.25, -0.2) is 0 Å². The molecule has 1 saturated heterocycles. The van der Waals surface area contributed by atoms with Crippen LogP contribution in [-0.4, -0.2) is 42.6 Å². The summed E-state index contributed by atoms with van der Waals surface area (Å²) in [7, 11) is 0. The number of benzene rings is 1. The topological polar surface area (TPSA) is 32.5 Å². The summed E-state index contributed by atoms with van der Waals surface area (Å²) in [5.74, 6) is 0.958. The molecule has 1 heterocycles. The highest BCUT2D eigenvalue weighted by Crippen LogP contribution is 2.31. The lowest BCUT2D eigenvalue weighted by molar-refractivity contribution is 0.248. The van der Waals surface area contributed by atoms with Gasteiger partial charge in [-0.05, 0) is 30.9 Å². The Labute approximate surface area is 130 Å². The van der Waals surface area contributed by atoms with Gasteiger partial charge in [0.2, 0.25) is 0 Å². The highest BCUT2D eigenvalue weighted by molar-refractivity contribution is 7.80. The fraction of sp³-hybridized carbons (Fsp3) is 0.533. The molecule has 1 aromatic rings. The normalized spacial score (nSPS) is 20.1. The van der Waals surface area contributed by atoms with Gasteiger partial charge in [-0.1, -0.05) is 29.9 Å². The van der Waals surface area contributed by atoms with Crippen molar-refractivity contribution in [1.82, 2.24) is 4.90 Å². The van der Waals surface area contributed by atoms with Gasteiger partial charge in [-0.2, -0.15) is 0 Å². The maximum absolute atomic E-state index is 6.24. The van der Waals surface area contributed by atoms with E-state index in [1.165, 1.54) is 19.4 Å². The molecule has 20 heavy (non-hydrogen) atoms. The predicted molar refractivity (Wildman–Crippen MR) is 88.7 cm³/mol. The SMILES string of the molecule is NC(=S)c1c(Cl)cccc1N1CCN(CC2CC2)CC1. The Bertz CT molecular complexity index is 508. The average molecular weight is 310 g/mol. The minimum atomic E-state index is 0.381. The monoisotopic (exact) mass is 309 g/mol. The van der Waals surface area contributed by atoms with Gasteiger partial charge in [0, 0.05) is 38.4 Å². The van der Waals surface area contributed by atoms with E-state index in [4.69, 9.17) is 29.6 Å². The Morgan fingerprint density at radius 3 is 2.55 bits per heavy atom. The Balaban J connectivity index is 1.71. The molecular weight excluding hydrogens is 290 g/mol. The maximum Gasteiger partial charge on any atom is 0.107 e. The third-order valence-corrected chi connectivity index (χ3v) is 4.68. The van der Waals surface area contributed by atoms with Crippen molar-refractivity contribution in [3.05, 3.63) is 28.8 Å². The van der Waals surface area contributed by atoms with E-state index in [2.05, 4.69) is 15.9 Å². The predicted octanol–water partition coefficient (Wildman–Crippen LogP) is 2.51. The molecule has 2 aliphatic rings. The zero-order valence-corrected chi connectivity index (χ0v) is 13.1. The van der Waals surface area contributed by atoms with Crippen LogP contribution in [-0.2, 0) is 0 Å². The first-order valence-electron chi connectivity index (χ1n) is 7.21. The van der Waals surface area contributed by atoms with E-state index in [9.17, 15) is 0 Å². The molecule has 0 aromatic heterocycles. The van der Waals surface area contributed by atoms with Crippen molar-refractivity contribution < 1.29 is 0 Å². The van der Waals surface area contributed by atoms with Crippen LogP contribution >= 0.6 is 23.8 Å². The maximum atomic E-state index is 6.24. The van der Waals surface area contributed by atoms with Crippen LogP contribution in [0.4, 0.5) is 5.69 Å². The lowest BCUT2D eigenvalue weighted by Gasteiger charge is -2.37. The molecule has 3 nitrogen and oxygen atoms in total. The molecule has 1 aliphatic carbocycles. The third-order valence-electron chi connectivity index (χ3n) is 4.16. The Hall–Kier alpha value is -0.840. The lowest BCUT2D eigenvalue weighted by atomic mass is 10.1. The van der Waals surface area contributed by atoms with Gasteiger partial charge in [-0.3, -0.25) is 4.90 Å². The molecule has 0 amide bonds. The van der Waals surface area contributed by atoms with Gasteiger partial charge in [0.25, 0.3) is 0 Å². The van der Waals surface area contributed by atoms with E-state index in [0.29, 0.717) is 10.0 Å². The minimum absolute atomic E-state index is 0.381. The van der Waals surface area contributed by atoms with E-state index < -0.39 is 0 Å². The van der Waals surface area contributed by atoms with Crippen molar-refractivity contribution in [3.63, 3.8) is 0 Å². The molecule has 0 bridgehead atoms. The van der Waals surface area contributed by atoms with Crippen molar-refractivity contribution in [3.8, 4) is 0 Å². The number of nitrogens with zero attached hydrogens (tertiary/aromatic N) is 2. The molecule has 0 atom stereocenters. The summed E-state index contributed by atoms with van der Waals surface area (Å²) in [6.07, 6.45) is 2.83. The zero-order chi connectivity index (χ0) is 14.1.